The van der Waals surface area contributed by atoms with E-state index in [4.69, 9.17) is 0 Å². The number of rotatable bonds is 2. The lowest BCUT2D eigenvalue weighted by atomic mass is 10.4. The summed E-state index contributed by atoms with van der Waals surface area (Å²) < 4.78 is 2.69. The molecule has 0 unspecified atom stereocenters. The van der Waals surface area contributed by atoms with Crippen molar-refractivity contribution in [2.75, 3.05) is 0 Å². The van der Waals surface area contributed by atoms with Crippen LogP contribution in [0, 0.1) is 0 Å². The lowest BCUT2D eigenvalue weighted by Gasteiger charge is -2.00. The number of hydrogen-bond acceptors (Lipinski definition) is 3. The maximum absolute atomic E-state index is 11.8. The molecule has 0 aliphatic carbocycles. The first kappa shape index (κ1) is 9.70. The van der Waals surface area contributed by atoms with E-state index in [1.807, 2.05) is 6.92 Å². The van der Waals surface area contributed by atoms with Crippen LogP contribution in [-0.2, 0) is 13.6 Å². The van der Waals surface area contributed by atoms with Crippen LogP contribution in [0.25, 0.3) is 11.0 Å². The highest BCUT2D eigenvalue weighted by molar-refractivity contribution is 5.71. The van der Waals surface area contributed by atoms with Crippen LogP contribution in [0.15, 0.2) is 15.8 Å². The molecule has 2 rings (SSSR count). The van der Waals surface area contributed by atoms with Crippen LogP contribution in [-0.4, -0.2) is 19.3 Å². The average molecular weight is 208 g/mol. The molecule has 0 saturated carbocycles. The van der Waals surface area contributed by atoms with Gasteiger partial charge in [-0.25, -0.2) is 4.79 Å². The summed E-state index contributed by atoms with van der Waals surface area (Å²) in [7, 11) is 1.71. The monoisotopic (exact) mass is 208 g/mol. The van der Waals surface area contributed by atoms with Gasteiger partial charge in [0.2, 0.25) is 0 Å². The van der Waals surface area contributed by atoms with Crippen molar-refractivity contribution in [2.24, 2.45) is 7.05 Å². The zero-order valence-corrected chi connectivity index (χ0v) is 8.65. The number of H-pyrrole nitrogens is 1. The fourth-order valence-corrected chi connectivity index (χ4v) is 1.57. The zero-order chi connectivity index (χ0) is 11.0. The van der Waals surface area contributed by atoms with Crippen LogP contribution in [0.3, 0.4) is 0 Å². The summed E-state index contributed by atoms with van der Waals surface area (Å²) in [5, 5.41) is 4.01. The van der Waals surface area contributed by atoms with E-state index in [0.29, 0.717) is 17.6 Å². The second kappa shape index (κ2) is 3.38. The molecule has 2 aromatic rings. The average Bonchev–Trinajstić information content (AvgIpc) is 2.53. The van der Waals surface area contributed by atoms with Crippen molar-refractivity contribution in [2.45, 2.75) is 19.9 Å². The lowest BCUT2D eigenvalue weighted by molar-refractivity contribution is 0.622. The van der Waals surface area contributed by atoms with E-state index in [2.05, 4.69) is 10.1 Å². The minimum atomic E-state index is -0.373. The molecular formula is C9H12N4O2. The van der Waals surface area contributed by atoms with Crippen molar-refractivity contribution in [3.05, 3.63) is 27.0 Å². The predicted molar refractivity (Wildman–Crippen MR) is 55.9 cm³/mol. The molecule has 0 atom stereocenters. The summed E-state index contributed by atoms with van der Waals surface area (Å²) in [6.07, 6.45) is 2.36. The highest BCUT2D eigenvalue weighted by Crippen LogP contribution is 1.99. The first-order chi connectivity index (χ1) is 7.13. The Morgan fingerprint density at radius 1 is 1.47 bits per heavy atom. The Kier molecular flexibility index (Phi) is 2.18. The molecule has 80 valence electrons. The van der Waals surface area contributed by atoms with Crippen molar-refractivity contribution >= 4 is 11.0 Å². The van der Waals surface area contributed by atoms with Crippen molar-refractivity contribution in [1.82, 2.24) is 19.3 Å². The largest absolute Gasteiger partial charge is 0.328 e. The van der Waals surface area contributed by atoms with Gasteiger partial charge in [0.05, 0.1) is 5.52 Å². The third-order valence-corrected chi connectivity index (χ3v) is 2.21. The van der Waals surface area contributed by atoms with E-state index in [-0.39, 0.29) is 11.2 Å². The number of fused-ring (bicyclic) bond motifs is 1. The van der Waals surface area contributed by atoms with E-state index < -0.39 is 0 Å². The molecule has 0 bridgehead atoms. The normalized spacial score (nSPS) is 11.1. The Morgan fingerprint density at radius 3 is 2.87 bits per heavy atom. The van der Waals surface area contributed by atoms with E-state index in [1.165, 1.54) is 9.25 Å². The fraction of sp³-hybridized carbons (Fsp3) is 0.444. The highest BCUT2D eigenvalue weighted by Gasteiger charge is 2.09. The molecule has 6 nitrogen and oxygen atoms in total. The number of hydrogen-bond donors (Lipinski definition) is 1. The van der Waals surface area contributed by atoms with Gasteiger partial charge in [-0.15, -0.1) is 0 Å². The number of aryl methyl sites for hydroxylation is 1. The van der Waals surface area contributed by atoms with E-state index in [1.54, 1.807) is 13.2 Å². The number of aromatic amines is 1. The lowest BCUT2D eigenvalue weighted by Crippen LogP contribution is -2.34. The van der Waals surface area contributed by atoms with Gasteiger partial charge in [-0.3, -0.25) is 14.0 Å². The van der Waals surface area contributed by atoms with Crippen molar-refractivity contribution in [3.63, 3.8) is 0 Å². The van der Waals surface area contributed by atoms with Gasteiger partial charge in [0.1, 0.15) is 0 Å². The first-order valence-corrected chi connectivity index (χ1v) is 4.80. The van der Waals surface area contributed by atoms with Gasteiger partial charge in [0.15, 0.2) is 5.52 Å². The standard InChI is InChI=1S/C9H12N4O2/c1-3-4-13-8(14)7-6(10-9(13)15)5-12(2)11-7/h5H,3-4H2,1-2H3,(H,10,15). The van der Waals surface area contributed by atoms with Gasteiger partial charge in [0.25, 0.3) is 5.56 Å². The molecule has 0 radical (unpaired) electrons. The van der Waals surface area contributed by atoms with Gasteiger partial charge in [0, 0.05) is 19.8 Å². The Bertz CT molecular complexity index is 605. The first-order valence-electron chi connectivity index (χ1n) is 4.80. The Morgan fingerprint density at radius 2 is 2.20 bits per heavy atom. The summed E-state index contributed by atoms with van der Waals surface area (Å²) >= 11 is 0. The predicted octanol–water partition coefficient (Wildman–Crippen LogP) is -0.167. The van der Waals surface area contributed by atoms with Crippen molar-refractivity contribution in [3.8, 4) is 0 Å². The van der Waals surface area contributed by atoms with Gasteiger partial charge < -0.3 is 4.98 Å². The molecule has 0 aromatic carbocycles. The van der Waals surface area contributed by atoms with Gasteiger partial charge in [-0.1, -0.05) is 6.92 Å². The molecule has 0 aliphatic heterocycles. The summed E-state index contributed by atoms with van der Waals surface area (Å²) in [6, 6.07) is 0. The zero-order valence-electron chi connectivity index (χ0n) is 8.65. The third kappa shape index (κ3) is 1.47. The molecular weight excluding hydrogens is 196 g/mol. The van der Waals surface area contributed by atoms with Crippen molar-refractivity contribution < 1.29 is 0 Å². The molecule has 0 aliphatic rings. The van der Waals surface area contributed by atoms with Crippen LogP contribution in [0.1, 0.15) is 13.3 Å². The Labute approximate surface area is 85.2 Å². The van der Waals surface area contributed by atoms with Crippen LogP contribution in [0.2, 0.25) is 0 Å². The van der Waals surface area contributed by atoms with Crippen LogP contribution in [0.5, 0.6) is 0 Å². The van der Waals surface area contributed by atoms with E-state index in [0.717, 1.165) is 6.42 Å². The van der Waals surface area contributed by atoms with E-state index >= 15 is 0 Å². The fourth-order valence-electron chi connectivity index (χ4n) is 1.57. The molecule has 15 heavy (non-hydrogen) atoms. The summed E-state index contributed by atoms with van der Waals surface area (Å²) in [4.78, 5) is 26.0. The quantitative estimate of drug-likeness (QED) is 0.744. The minimum absolute atomic E-state index is 0.311. The number of nitrogens with one attached hydrogen (secondary N) is 1. The summed E-state index contributed by atoms with van der Waals surface area (Å²) in [5.74, 6) is 0. The second-order valence-corrected chi connectivity index (χ2v) is 3.45. The number of nitrogens with zero attached hydrogens (tertiary/aromatic N) is 3. The molecule has 1 N–H and O–H groups in total. The van der Waals surface area contributed by atoms with Crippen LogP contribution >= 0.6 is 0 Å². The highest BCUT2D eigenvalue weighted by atomic mass is 16.2. The van der Waals surface area contributed by atoms with Crippen LogP contribution < -0.4 is 11.2 Å². The molecule has 0 amide bonds. The van der Waals surface area contributed by atoms with Gasteiger partial charge >= 0.3 is 5.69 Å². The maximum atomic E-state index is 11.8. The smallest absolute Gasteiger partial charge is 0.304 e. The van der Waals surface area contributed by atoms with Gasteiger partial charge in [-0.05, 0) is 6.42 Å². The molecule has 2 heterocycles. The Balaban J connectivity index is 2.83. The molecule has 0 fully saturated rings. The SMILES string of the molecule is CCCn1c(=O)[nH]c2cn(C)nc2c1=O. The topological polar surface area (TPSA) is 72.7 Å². The minimum Gasteiger partial charge on any atom is -0.304 e. The molecule has 6 heteroatoms. The number of aromatic nitrogens is 4. The molecule has 0 spiro atoms. The van der Waals surface area contributed by atoms with Crippen molar-refractivity contribution in [1.29, 1.82) is 0 Å². The van der Waals surface area contributed by atoms with E-state index in [9.17, 15) is 9.59 Å². The second-order valence-electron chi connectivity index (χ2n) is 3.45. The van der Waals surface area contributed by atoms with Gasteiger partial charge in [-0.2, -0.15) is 5.10 Å². The Hall–Kier alpha value is -1.85. The van der Waals surface area contributed by atoms with Crippen LogP contribution in [0.4, 0.5) is 0 Å². The maximum Gasteiger partial charge on any atom is 0.328 e. The summed E-state index contributed by atoms with van der Waals surface area (Å²) in [5.41, 5.74) is 0.101. The third-order valence-electron chi connectivity index (χ3n) is 2.21. The summed E-state index contributed by atoms with van der Waals surface area (Å²) in [6.45, 7) is 2.33. The molecule has 0 saturated heterocycles. The molecule has 2 aromatic heterocycles.